The molecule has 2 aliphatic carbocycles. The second-order valence-corrected chi connectivity index (χ2v) is 6.56. The summed E-state index contributed by atoms with van der Waals surface area (Å²) in [5, 5.41) is 2.89. The van der Waals surface area contributed by atoms with E-state index in [9.17, 15) is 9.59 Å². The van der Waals surface area contributed by atoms with E-state index in [2.05, 4.69) is 19.2 Å². The molecule has 19 heavy (non-hydrogen) atoms. The third-order valence-corrected chi connectivity index (χ3v) is 4.96. The molecule has 2 unspecified atom stereocenters. The predicted molar refractivity (Wildman–Crippen MR) is 72.3 cm³/mol. The van der Waals surface area contributed by atoms with Gasteiger partial charge < -0.3 is 10.2 Å². The van der Waals surface area contributed by atoms with Gasteiger partial charge in [0.2, 0.25) is 11.8 Å². The van der Waals surface area contributed by atoms with Crippen LogP contribution < -0.4 is 5.32 Å². The number of nitrogens with one attached hydrogen (secondary N) is 1. The van der Waals surface area contributed by atoms with Crippen LogP contribution in [0.25, 0.3) is 0 Å². The Hall–Kier alpha value is -1.06. The van der Waals surface area contributed by atoms with E-state index < -0.39 is 0 Å². The molecule has 2 atom stereocenters. The Morgan fingerprint density at radius 3 is 2.26 bits per heavy atom. The summed E-state index contributed by atoms with van der Waals surface area (Å²) in [7, 11) is 0. The van der Waals surface area contributed by atoms with Crippen LogP contribution in [0.3, 0.4) is 0 Å². The van der Waals surface area contributed by atoms with Gasteiger partial charge in [0.1, 0.15) is 6.04 Å². The minimum atomic E-state index is -0.300. The summed E-state index contributed by atoms with van der Waals surface area (Å²) in [5.74, 6) is 1.74. The van der Waals surface area contributed by atoms with Crippen LogP contribution in [-0.2, 0) is 9.59 Å². The quantitative estimate of drug-likeness (QED) is 0.819. The molecule has 0 spiro atoms. The van der Waals surface area contributed by atoms with E-state index in [0.717, 1.165) is 6.42 Å². The molecule has 1 N–H and O–H groups in total. The van der Waals surface area contributed by atoms with Crippen molar-refractivity contribution in [3.05, 3.63) is 0 Å². The van der Waals surface area contributed by atoms with Crippen molar-refractivity contribution in [2.75, 3.05) is 6.54 Å². The SMILES string of the molecule is CCC(C)C1NC(=O)CN(C(C2CC2)C2CC2)C1=O. The molecule has 3 rings (SSSR count). The first-order chi connectivity index (χ1) is 9.11. The van der Waals surface area contributed by atoms with Crippen LogP contribution in [0.5, 0.6) is 0 Å². The molecular weight excluding hydrogens is 240 g/mol. The normalized spacial score (nSPS) is 29.6. The number of nitrogens with zero attached hydrogens (tertiary/aromatic N) is 1. The van der Waals surface area contributed by atoms with Crippen LogP contribution >= 0.6 is 0 Å². The fourth-order valence-electron chi connectivity index (χ4n) is 3.34. The topological polar surface area (TPSA) is 49.4 Å². The van der Waals surface area contributed by atoms with Gasteiger partial charge in [-0.2, -0.15) is 0 Å². The Labute approximate surface area is 114 Å². The predicted octanol–water partition coefficient (Wildman–Crippen LogP) is 1.55. The molecular formula is C15H24N2O2. The summed E-state index contributed by atoms with van der Waals surface area (Å²) in [6, 6.07) is 0.0522. The van der Waals surface area contributed by atoms with E-state index in [4.69, 9.17) is 0 Å². The van der Waals surface area contributed by atoms with Gasteiger partial charge in [0, 0.05) is 6.04 Å². The first-order valence-corrected chi connectivity index (χ1v) is 7.71. The van der Waals surface area contributed by atoms with Gasteiger partial charge in [0.05, 0.1) is 6.54 Å². The van der Waals surface area contributed by atoms with Gasteiger partial charge in [0.15, 0.2) is 0 Å². The van der Waals surface area contributed by atoms with Crippen molar-refractivity contribution < 1.29 is 9.59 Å². The number of hydrogen-bond acceptors (Lipinski definition) is 2. The Balaban J connectivity index is 1.78. The molecule has 106 valence electrons. The van der Waals surface area contributed by atoms with Crippen molar-refractivity contribution in [3.8, 4) is 0 Å². The molecule has 3 aliphatic rings. The molecule has 1 aliphatic heterocycles. The van der Waals surface area contributed by atoms with Crippen molar-refractivity contribution in [1.82, 2.24) is 10.2 Å². The molecule has 1 saturated heterocycles. The van der Waals surface area contributed by atoms with E-state index in [0.29, 0.717) is 17.9 Å². The number of rotatable bonds is 5. The van der Waals surface area contributed by atoms with Crippen molar-refractivity contribution in [2.45, 2.75) is 58.0 Å². The van der Waals surface area contributed by atoms with Gasteiger partial charge in [-0.25, -0.2) is 0 Å². The zero-order chi connectivity index (χ0) is 13.6. The number of piperazine rings is 1. The van der Waals surface area contributed by atoms with Gasteiger partial charge in [-0.3, -0.25) is 9.59 Å². The minimum Gasteiger partial charge on any atom is -0.342 e. The second kappa shape index (κ2) is 4.80. The zero-order valence-corrected chi connectivity index (χ0v) is 11.9. The molecule has 4 heteroatoms. The highest BCUT2D eigenvalue weighted by atomic mass is 16.2. The third kappa shape index (κ3) is 2.49. The lowest BCUT2D eigenvalue weighted by molar-refractivity contribution is -0.149. The summed E-state index contributed by atoms with van der Waals surface area (Å²) in [6.45, 7) is 4.40. The lowest BCUT2D eigenvalue weighted by atomic mass is 9.94. The summed E-state index contributed by atoms with van der Waals surface area (Å²) >= 11 is 0. The lowest BCUT2D eigenvalue weighted by Gasteiger charge is -2.40. The molecule has 0 aromatic heterocycles. The van der Waals surface area contributed by atoms with Gasteiger partial charge >= 0.3 is 0 Å². The Morgan fingerprint density at radius 2 is 1.79 bits per heavy atom. The van der Waals surface area contributed by atoms with Crippen molar-refractivity contribution in [3.63, 3.8) is 0 Å². The molecule has 0 aromatic rings. The first-order valence-electron chi connectivity index (χ1n) is 7.71. The largest absolute Gasteiger partial charge is 0.342 e. The van der Waals surface area contributed by atoms with E-state index in [1.165, 1.54) is 25.7 Å². The highest BCUT2D eigenvalue weighted by Gasteiger charge is 2.49. The van der Waals surface area contributed by atoms with Crippen molar-refractivity contribution >= 4 is 11.8 Å². The maximum atomic E-state index is 12.7. The van der Waals surface area contributed by atoms with E-state index in [1.807, 2.05) is 4.90 Å². The summed E-state index contributed by atoms with van der Waals surface area (Å²) < 4.78 is 0. The smallest absolute Gasteiger partial charge is 0.246 e. The maximum absolute atomic E-state index is 12.7. The summed E-state index contributed by atoms with van der Waals surface area (Å²) in [5.41, 5.74) is 0. The molecule has 2 saturated carbocycles. The molecule has 0 aromatic carbocycles. The van der Waals surface area contributed by atoms with E-state index >= 15 is 0 Å². The Kier molecular flexibility index (Phi) is 3.27. The van der Waals surface area contributed by atoms with Crippen LogP contribution in [0.1, 0.15) is 46.0 Å². The molecule has 0 bridgehead atoms. The lowest BCUT2D eigenvalue weighted by Crippen LogP contribution is -2.63. The van der Waals surface area contributed by atoms with E-state index in [-0.39, 0.29) is 30.3 Å². The van der Waals surface area contributed by atoms with Crippen LogP contribution in [0.2, 0.25) is 0 Å². The molecule has 0 radical (unpaired) electrons. The van der Waals surface area contributed by atoms with Crippen LogP contribution in [0, 0.1) is 17.8 Å². The first kappa shape index (κ1) is 12.9. The van der Waals surface area contributed by atoms with Crippen LogP contribution in [-0.4, -0.2) is 35.3 Å². The number of carbonyl (C=O) groups is 2. The zero-order valence-electron chi connectivity index (χ0n) is 11.9. The highest BCUT2D eigenvalue weighted by Crippen LogP contribution is 2.47. The van der Waals surface area contributed by atoms with Gasteiger partial charge in [-0.05, 0) is 43.4 Å². The summed E-state index contributed by atoms with van der Waals surface area (Å²) in [6.07, 6.45) is 5.87. The molecule has 4 nitrogen and oxygen atoms in total. The Morgan fingerprint density at radius 1 is 1.21 bits per heavy atom. The fourth-order valence-corrected chi connectivity index (χ4v) is 3.34. The molecule has 2 amide bonds. The average Bonchev–Trinajstić information content (AvgIpc) is 3.25. The van der Waals surface area contributed by atoms with Crippen LogP contribution in [0.15, 0.2) is 0 Å². The second-order valence-electron chi connectivity index (χ2n) is 6.56. The minimum absolute atomic E-state index is 0.0243. The molecule has 1 heterocycles. The maximum Gasteiger partial charge on any atom is 0.246 e. The standard InChI is InChI=1S/C15H24N2O2/c1-3-9(2)13-15(19)17(8-12(18)16-13)14(10-4-5-10)11-6-7-11/h9-11,13-14H,3-8H2,1-2H3,(H,16,18). The molecule has 3 fully saturated rings. The monoisotopic (exact) mass is 264 g/mol. The van der Waals surface area contributed by atoms with Gasteiger partial charge in [0.25, 0.3) is 0 Å². The van der Waals surface area contributed by atoms with Crippen LogP contribution in [0.4, 0.5) is 0 Å². The summed E-state index contributed by atoms with van der Waals surface area (Å²) in [4.78, 5) is 26.5. The van der Waals surface area contributed by atoms with Gasteiger partial charge in [-0.1, -0.05) is 20.3 Å². The fraction of sp³-hybridized carbons (Fsp3) is 0.867. The highest BCUT2D eigenvalue weighted by molar-refractivity contribution is 5.95. The van der Waals surface area contributed by atoms with Crippen molar-refractivity contribution in [1.29, 1.82) is 0 Å². The number of amides is 2. The number of carbonyl (C=O) groups excluding carboxylic acids is 2. The van der Waals surface area contributed by atoms with Crippen molar-refractivity contribution in [2.24, 2.45) is 17.8 Å². The third-order valence-electron chi connectivity index (χ3n) is 4.96. The number of hydrogen-bond donors (Lipinski definition) is 1. The van der Waals surface area contributed by atoms with Gasteiger partial charge in [-0.15, -0.1) is 0 Å². The Bertz CT molecular complexity index is 376. The van der Waals surface area contributed by atoms with E-state index in [1.54, 1.807) is 0 Å². The average molecular weight is 264 g/mol.